The topological polar surface area (TPSA) is 58.1 Å². The van der Waals surface area contributed by atoms with Crippen LogP contribution in [0.2, 0.25) is 0 Å². The number of amides is 1. The van der Waals surface area contributed by atoms with Crippen molar-refractivity contribution < 1.29 is 9.18 Å². The number of benzene rings is 1. The van der Waals surface area contributed by atoms with Crippen molar-refractivity contribution in [3.05, 3.63) is 47.5 Å². The van der Waals surface area contributed by atoms with Gasteiger partial charge in [0.05, 0.1) is 0 Å². The molecule has 5 nitrogen and oxygen atoms in total. The van der Waals surface area contributed by atoms with Crippen molar-refractivity contribution in [2.75, 3.05) is 23.3 Å². The van der Waals surface area contributed by atoms with E-state index in [2.05, 4.69) is 15.2 Å². The molecule has 0 radical (unpaired) electrons. The highest BCUT2D eigenvalue weighted by Crippen LogP contribution is 2.27. The lowest BCUT2D eigenvalue weighted by Crippen LogP contribution is -2.32. The summed E-state index contributed by atoms with van der Waals surface area (Å²) < 4.78 is 13.3. The minimum atomic E-state index is -0.351. The minimum Gasteiger partial charge on any atom is -0.341 e. The van der Waals surface area contributed by atoms with E-state index in [1.807, 2.05) is 6.20 Å². The zero-order valence-electron chi connectivity index (χ0n) is 14.7. The van der Waals surface area contributed by atoms with Crippen LogP contribution >= 0.6 is 0 Å². The summed E-state index contributed by atoms with van der Waals surface area (Å²) in [6.45, 7) is 2.05. The lowest BCUT2D eigenvalue weighted by Gasteiger charge is -2.28. The molecule has 26 heavy (non-hydrogen) atoms. The number of aromatic nitrogens is 2. The summed E-state index contributed by atoms with van der Waals surface area (Å²) in [6, 6.07) is 6.00. The molecule has 2 heterocycles. The Morgan fingerprint density at radius 1 is 1.23 bits per heavy atom. The van der Waals surface area contributed by atoms with Gasteiger partial charge in [-0.25, -0.2) is 14.4 Å². The second-order valence-electron chi connectivity index (χ2n) is 7.13. The van der Waals surface area contributed by atoms with E-state index in [-0.39, 0.29) is 17.6 Å². The highest BCUT2D eigenvalue weighted by molar-refractivity contribution is 5.92. The SMILES string of the molecule is O=C(Nc1cccc(F)c1)C1CCc2nc(N3CCCCC3)ncc2C1. The van der Waals surface area contributed by atoms with Crippen LogP contribution in [-0.4, -0.2) is 29.0 Å². The van der Waals surface area contributed by atoms with Gasteiger partial charge in [0.15, 0.2) is 0 Å². The minimum absolute atomic E-state index is 0.0682. The summed E-state index contributed by atoms with van der Waals surface area (Å²) in [5.74, 6) is 0.276. The predicted molar refractivity (Wildman–Crippen MR) is 98.6 cm³/mol. The van der Waals surface area contributed by atoms with Crippen molar-refractivity contribution in [3.8, 4) is 0 Å². The number of halogens is 1. The van der Waals surface area contributed by atoms with E-state index in [0.29, 0.717) is 12.1 Å². The maximum absolute atomic E-state index is 13.3. The third kappa shape index (κ3) is 3.69. The van der Waals surface area contributed by atoms with E-state index in [0.717, 1.165) is 43.1 Å². The van der Waals surface area contributed by atoms with E-state index in [4.69, 9.17) is 4.98 Å². The molecule has 1 amide bonds. The van der Waals surface area contributed by atoms with Crippen LogP contribution in [0.1, 0.15) is 36.9 Å². The van der Waals surface area contributed by atoms with Crippen LogP contribution in [0.4, 0.5) is 16.0 Å². The molecule has 1 N–H and O–H groups in total. The molecule has 2 aromatic rings. The fourth-order valence-corrected chi connectivity index (χ4v) is 3.78. The first-order chi connectivity index (χ1) is 12.7. The number of nitrogens with one attached hydrogen (secondary N) is 1. The molecule has 0 bridgehead atoms. The fourth-order valence-electron chi connectivity index (χ4n) is 3.78. The number of rotatable bonds is 3. The Balaban J connectivity index is 1.43. The monoisotopic (exact) mass is 354 g/mol. The van der Waals surface area contributed by atoms with Crippen molar-refractivity contribution in [3.63, 3.8) is 0 Å². The van der Waals surface area contributed by atoms with Crippen LogP contribution in [-0.2, 0) is 17.6 Å². The van der Waals surface area contributed by atoms with E-state index < -0.39 is 0 Å². The third-order valence-electron chi connectivity index (χ3n) is 5.24. The van der Waals surface area contributed by atoms with Gasteiger partial charge in [-0.3, -0.25) is 4.79 Å². The van der Waals surface area contributed by atoms with Gasteiger partial charge in [-0.05, 0) is 62.3 Å². The summed E-state index contributed by atoms with van der Waals surface area (Å²) in [4.78, 5) is 24.1. The normalized spacial score (nSPS) is 19.7. The van der Waals surface area contributed by atoms with Gasteiger partial charge in [0.1, 0.15) is 5.82 Å². The second kappa shape index (κ2) is 7.40. The van der Waals surface area contributed by atoms with Gasteiger partial charge in [-0.2, -0.15) is 0 Å². The molecule has 2 aliphatic rings. The van der Waals surface area contributed by atoms with Crippen molar-refractivity contribution in [2.45, 2.75) is 38.5 Å². The van der Waals surface area contributed by atoms with Crippen LogP contribution in [0.3, 0.4) is 0 Å². The highest BCUT2D eigenvalue weighted by Gasteiger charge is 2.27. The Bertz CT molecular complexity index is 804. The molecular weight excluding hydrogens is 331 g/mol. The second-order valence-corrected chi connectivity index (χ2v) is 7.13. The first-order valence-corrected chi connectivity index (χ1v) is 9.35. The lowest BCUT2D eigenvalue weighted by molar-refractivity contribution is -0.120. The summed E-state index contributed by atoms with van der Waals surface area (Å²) in [5, 5.41) is 2.82. The molecule has 1 aromatic carbocycles. The van der Waals surface area contributed by atoms with Crippen molar-refractivity contribution in [2.24, 2.45) is 5.92 Å². The summed E-state index contributed by atoms with van der Waals surface area (Å²) >= 11 is 0. The molecule has 136 valence electrons. The third-order valence-corrected chi connectivity index (χ3v) is 5.24. The quantitative estimate of drug-likeness (QED) is 0.918. The van der Waals surface area contributed by atoms with Crippen molar-refractivity contribution in [1.29, 1.82) is 0 Å². The van der Waals surface area contributed by atoms with Crippen molar-refractivity contribution in [1.82, 2.24) is 9.97 Å². The van der Waals surface area contributed by atoms with E-state index in [9.17, 15) is 9.18 Å². The Kier molecular flexibility index (Phi) is 4.82. The maximum Gasteiger partial charge on any atom is 0.227 e. The van der Waals surface area contributed by atoms with Crippen LogP contribution in [0.5, 0.6) is 0 Å². The highest BCUT2D eigenvalue weighted by atomic mass is 19.1. The smallest absolute Gasteiger partial charge is 0.227 e. The number of carbonyl (C=O) groups excluding carboxylic acids is 1. The zero-order chi connectivity index (χ0) is 17.9. The number of aryl methyl sites for hydroxylation is 1. The number of nitrogens with zero attached hydrogens (tertiary/aromatic N) is 3. The Morgan fingerprint density at radius 3 is 2.88 bits per heavy atom. The standard InChI is InChI=1S/C20H23FN4O/c21-16-5-4-6-17(12-16)23-19(26)14-7-8-18-15(11-14)13-22-20(24-18)25-9-2-1-3-10-25/h4-6,12-14H,1-3,7-11H2,(H,23,26). The first-order valence-electron chi connectivity index (χ1n) is 9.35. The van der Waals surface area contributed by atoms with E-state index >= 15 is 0 Å². The Hall–Kier alpha value is -2.50. The predicted octanol–water partition coefficient (Wildman–Crippen LogP) is 3.35. The Morgan fingerprint density at radius 2 is 2.08 bits per heavy atom. The molecule has 4 rings (SSSR count). The van der Waals surface area contributed by atoms with Crippen LogP contribution < -0.4 is 10.2 Å². The summed E-state index contributed by atoms with van der Waals surface area (Å²) in [6.07, 6.45) is 7.73. The molecule has 0 saturated carbocycles. The summed E-state index contributed by atoms with van der Waals surface area (Å²) in [5.41, 5.74) is 2.62. The van der Waals surface area contributed by atoms with Gasteiger partial charge in [-0.15, -0.1) is 0 Å². The molecule has 1 saturated heterocycles. The largest absolute Gasteiger partial charge is 0.341 e. The van der Waals surface area contributed by atoms with E-state index in [1.54, 1.807) is 12.1 Å². The van der Waals surface area contributed by atoms with Gasteiger partial charge in [0.2, 0.25) is 11.9 Å². The number of hydrogen-bond donors (Lipinski definition) is 1. The first kappa shape index (κ1) is 16.9. The number of anilines is 2. The fraction of sp³-hybridized carbons (Fsp3) is 0.450. The van der Waals surface area contributed by atoms with Gasteiger partial charge in [0, 0.05) is 36.6 Å². The molecule has 6 heteroatoms. The van der Waals surface area contributed by atoms with Crippen LogP contribution in [0.15, 0.2) is 30.5 Å². The number of fused-ring (bicyclic) bond motifs is 1. The number of carbonyl (C=O) groups is 1. The molecule has 1 unspecified atom stereocenters. The van der Waals surface area contributed by atoms with Gasteiger partial charge < -0.3 is 10.2 Å². The van der Waals surface area contributed by atoms with Crippen molar-refractivity contribution >= 4 is 17.5 Å². The molecule has 1 aliphatic carbocycles. The van der Waals surface area contributed by atoms with Gasteiger partial charge >= 0.3 is 0 Å². The van der Waals surface area contributed by atoms with Crippen LogP contribution in [0, 0.1) is 11.7 Å². The van der Waals surface area contributed by atoms with E-state index in [1.165, 1.54) is 31.4 Å². The molecule has 0 spiro atoms. The van der Waals surface area contributed by atoms with Gasteiger partial charge in [-0.1, -0.05) is 6.07 Å². The maximum atomic E-state index is 13.3. The molecule has 1 atom stereocenters. The molecule has 1 fully saturated rings. The molecule has 1 aliphatic heterocycles. The zero-order valence-corrected chi connectivity index (χ0v) is 14.7. The number of piperidine rings is 1. The average molecular weight is 354 g/mol. The molecule has 1 aromatic heterocycles. The van der Waals surface area contributed by atoms with Gasteiger partial charge in [0.25, 0.3) is 0 Å². The molecular formula is C20H23FN4O. The lowest BCUT2D eigenvalue weighted by atomic mass is 9.86. The van der Waals surface area contributed by atoms with Crippen LogP contribution in [0.25, 0.3) is 0 Å². The number of hydrogen-bond acceptors (Lipinski definition) is 4. The Labute approximate surface area is 152 Å². The summed E-state index contributed by atoms with van der Waals surface area (Å²) in [7, 11) is 0. The average Bonchev–Trinajstić information content (AvgIpc) is 2.68.